The quantitative estimate of drug-likeness (QED) is 0.794. The molecule has 1 spiro atoms. The van der Waals surface area contributed by atoms with E-state index in [1.165, 1.54) is 12.1 Å². The zero-order valence-corrected chi connectivity index (χ0v) is 11.5. The van der Waals surface area contributed by atoms with Crippen molar-refractivity contribution in [1.29, 1.82) is 0 Å². The van der Waals surface area contributed by atoms with Crippen LogP contribution in [0.15, 0.2) is 29.7 Å². The van der Waals surface area contributed by atoms with Crippen LogP contribution in [0.2, 0.25) is 0 Å². The highest BCUT2D eigenvalue weighted by Gasteiger charge is 2.41. The molecule has 5 heteroatoms. The number of nitrogens with zero attached hydrogens (tertiary/aromatic N) is 1. The Kier molecular flexibility index (Phi) is 3.27. The van der Waals surface area contributed by atoms with Gasteiger partial charge in [-0.1, -0.05) is 0 Å². The van der Waals surface area contributed by atoms with Crippen LogP contribution in [0.4, 0.5) is 14.5 Å². The van der Waals surface area contributed by atoms with Crippen LogP contribution in [0, 0.1) is 11.6 Å². The van der Waals surface area contributed by atoms with Crippen molar-refractivity contribution in [3.8, 4) is 0 Å². The topological polar surface area (TPSA) is 15.3 Å². The Hall–Kier alpha value is -1.07. The average Bonchev–Trinajstić information content (AvgIpc) is 2.75. The predicted octanol–water partition coefficient (Wildman–Crippen LogP) is 3.46. The molecule has 0 bridgehead atoms. The number of rotatable bonds is 1. The van der Waals surface area contributed by atoms with E-state index < -0.39 is 11.6 Å². The number of anilines is 1. The Bertz CT molecular complexity index is 520. The van der Waals surface area contributed by atoms with E-state index in [1.54, 1.807) is 18.0 Å². The van der Waals surface area contributed by atoms with E-state index in [-0.39, 0.29) is 5.54 Å². The van der Waals surface area contributed by atoms with E-state index in [1.807, 2.05) is 5.41 Å². The maximum Gasteiger partial charge on any atom is 0.160 e. The maximum absolute atomic E-state index is 13.4. The van der Waals surface area contributed by atoms with Gasteiger partial charge in [0.25, 0.3) is 0 Å². The molecule has 0 aliphatic carbocycles. The molecule has 0 amide bonds. The van der Waals surface area contributed by atoms with Crippen LogP contribution >= 0.6 is 11.9 Å². The second-order valence-corrected chi connectivity index (χ2v) is 6.06. The van der Waals surface area contributed by atoms with Gasteiger partial charge in [0.15, 0.2) is 11.6 Å². The summed E-state index contributed by atoms with van der Waals surface area (Å²) in [4.78, 5) is 0. The molecule has 2 nitrogen and oxygen atoms in total. The Morgan fingerprint density at radius 2 is 2.21 bits per heavy atom. The largest absolute Gasteiger partial charge is 0.314 e. The van der Waals surface area contributed by atoms with Gasteiger partial charge in [-0.2, -0.15) is 0 Å². The van der Waals surface area contributed by atoms with Crippen molar-refractivity contribution in [2.45, 2.75) is 31.3 Å². The van der Waals surface area contributed by atoms with E-state index in [0.717, 1.165) is 25.1 Å². The zero-order valence-electron chi connectivity index (χ0n) is 10.7. The highest BCUT2D eigenvalue weighted by Crippen LogP contribution is 2.44. The molecule has 2 aliphatic heterocycles. The SMILES string of the molecule is C[C@H]1C[C@@]2(C=CSN2c2ccc(F)c(F)c2)CCN1. The summed E-state index contributed by atoms with van der Waals surface area (Å²) >= 11 is 1.55. The molecule has 0 radical (unpaired) electrons. The number of benzene rings is 1. The smallest absolute Gasteiger partial charge is 0.160 e. The van der Waals surface area contributed by atoms with E-state index in [4.69, 9.17) is 0 Å². The first-order chi connectivity index (χ1) is 9.11. The Morgan fingerprint density at radius 1 is 1.37 bits per heavy atom. The van der Waals surface area contributed by atoms with Crippen molar-refractivity contribution in [3.63, 3.8) is 0 Å². The minimum absolute atomic E-state index is 0.0837. The third-order valence-electron chi connectivity index (χ3n) is 3.80. The molecule has 1 saturated heterocycles. The molecule has 0 aromatic heterocycles. The molecule has 2 atom stereocenters. The average molecular weight is 282 g/mol. The first-order valence-corrected chi connectivity index (χ1v) is 7.27. The molecule has 19 heavy (non-hydrogen) atoms. The summed E-state index contributed by atoms with van der Waals surface area (Å²) in [7, 11) is 0. The van der Waals surface area contributed by atoms with Crippen LogP contribution in [0.25, 0.3) is 0 Å². The van der Waals surface area contributed by atoms with Crippen molar-refractivity contribution < 1.29 is 8.78 Å². The fraction of sp³-hybridized carbons (Fsp3) is 0.429. The van der Waals surface area contributed by atoms with Crippen molar-refractivity contribution in [2.24, 2.45) is 0 Å². The summed E-state index contributed by atoms with van der Waals surface area (Å²) in [6.45, 7) is 3.09. The second kappa shape index (κ2) is 4.80. The lowest BCUT2D eigenvalue weighted by Gasteiger charge is -2.43. The second-order valence-electron chi connectivity index (χ2n) is 5.21. The molecule has 3 rings (SSSR count). The van der Waals surface area contributed by atoms with Crippen molar-refractivity contribution in [3.05, 3.63) is 41.3 Å². The molecular formula is C14H16F2N2S. The van der Waals surface area contributed by atoms with Crippen molar-refractivity contribution in [1.82, 2.24) is 5.32 Å². The minimum atomic E-state index is -0.798. The number of piperidine rings is 1. The third kappa shape index (κ3) is 2.25. The zero-order chi connectivity index (χ0) is 13.5. The summed E-state index contributed by atoms with van der Waals surface area (Å²) in [6, 6.07) is 4.54. The molecule has 2 aliphatic rings. The van der Waals surface area contributed by atoms with Crippen LogP contribution < -0.4 is 9.62 Å². The lowest BCUT2D eigenvalue weighted by atomic mass is 9.84. The first kappa shape index (κ1) is 12.9. The highest BCUT2D eigenvalue weighted by molar-refractivity contribution is 8.03. The summed E-state index contributed by atoms with van der Waals surface area (Å²) in [5.74, 6) is -1.59. The fourth-order valence-corrected chi connectivity index (χ4v) is 4.00. The standard InChI is InChI=1S/C14H16F2N2S/c1-10-9-14(4-6-17-10)5-7-19-18(14)11-2-3-12(15)13(16)8-11/h2-3,5,7-8,10,17H,4,6,9H2,1H3/t10-,14-/m0/s1. The Morgan fingerprint density at radius 3 is 2.95 bits per heavy atom. The molecule has 0 unspecified atom stereocenters. The summed E-state index contributed by atoms with van der Waals surface area (Å²) in [5.41, 5.74) is 0.641. The van der Waals surface area contributed by atoms with Gasteiger partial charge in [-0.05, 0) is 61.9 Å². The molecule has 1 aromatic carbocycles. The van der Waals surface area contributed by atoms with Gasteiger partial charge in [-0.3, -0.25) is 0 Å². The number of hydrogen-bond acceptors (Lipinski definition) is 3. The normalized spacial score (nSPS) is 30.3. The maximum atomic E-state index is 13.4. The molecule has 1 N–H and O–H groups in total. The Balaban J connectivity index is 1.93. The molecule has 102 valence electrons. The lowest BCUT2D eigenvalue weighted by molar-refractivity contribution is 0.324. The van der Waals surface area contributed by atoms with Gasteiger partial charge in [0.2, 0.25) is 0 Å². The van der Waals surface area contributed by atoms with Crippen LogP contribution in [-0.2, 0) is 0 Å². The van der Waals surface area contributed by atoms with Gasteiger partial charge in [0, 0.05) is 12.1 Å². The van der Waals surface area contributed by atoms with Gasteiger partial charge in [0.1, 0.15) is 0 Å². The highest BCUT2D eigenvalue weighted by atomic mass is 32.2. The van der Waals surface area contributed by atoms with E-state index >= 15 is 0 Å². The Labute approximate surface area is 116 Å². The summed E-state index contributed by atoms with van der Waals surface area (Å²) in [5, 5.41) is 5.46. The minimum Gasteiger partial charge on any atom is -0.314 e. The predicted molar refractivity (Wildman–Crippen MR) is 75.0 cm³/mol. The van der Waals surface area contributed by atoms with Crippen LogP contribution in [-0.4, -0.2) is 18.1 Å². The molecule has 0 saturated carbocycles. The third-order valence-corrected chi connectivity index (χ3v) is 4.84. The van der Waals surface area contributed by atoms with Crippen molar-refractivity contribution in [2.75, 3.05) is 10.8 Å². The van der Waals surface area contributed by atoms with E-state index in [0.29, 0.717) is 6.04 Å². The lowest BCUT2D eigenvalue weighted by Crippen LogP contribution is -2.52. The van der Waals surface area contributed by atoms with Crippen LogP contribution in [0.1, 0.15) is 19.8 Å². The van der Waals surface area contributed by atoms with E-state index in [9.17, 15) is 8.78 Å². The van der Waals surface area contributed by atoms with Gasteiger partial charge in [-0.25, -0.2) is 8.78 Å². The number of hydrogen-bond donors (Lipinski definition) is 1. The first-order valence-electron chi connectivity index (χ1n) is 6.44. The summed E-state index contributed by atoms with van der Waals surface area (Å²) < 4.78 is 28.6. The van der Waals surface area contributed by atoms with Gasteiger partial charge >= 0.3 is 0 Å². The van der Waals surface area contributed by atoms with Gasteiger partial charge in [0.05, 0.1) is 11.2 Å². The van der Waals surface area contributed by atoms with Crippen LogP contribution in [0.3, 0.4) is 0 Å². The monoisotopic (exact) mass is 282 g/mol. The molecule has 2 heterocycles. The van der Waals surface area contributed by atoms with E-state index in [2.05, 4.69) is 22.6 Å². The molecule has 1 aromatic rings. The molecule has 1 fully saturated rings. The molecular weight excluding hydrogens is 266 g/mol. The van der Waals surface area contributed by atoms with Crippen molar-refractivity contribution >= 4 is 17.6 Å². The van der Waals surface area contributed by atoms with Gasteiger partial charge in [-0.15, -0.1) is 0 Å². The summed E-state index contributed by atoms with van der Waals surface area (Å²) in [6.07, 6.45) is 4.13. The fourth-order valence-electron chi connectivity index (χ4n) is 2.90. The number of nitrogens with one attached hydrogen (secondary N) is 1. The van der Waals surface area contributed by atoms with Crippen LogP contribution in [0.5, 0.6) is 0 Å². The van der Waals surface area contributed by atoms with Gasteiger partial charge < -0.3 is 9.62 Å². The number of halogens is 2.